The third-order valence-corrected chi connectivity index (χ3v) is 8.78. The molecule has 210 valence electrons. The molecule has 6 heterocycles. The molecule has 2 unspecified atom stereocenters. The standard InChI is InChI=1S/C29H35N7O4/c1-34(21-14-19-5-6-20(15-21)36(19)29(37)38)26-12-11-25(32-33-26)24-10-9-23(28(31-24)40-22-7-8-22)18-16-30-35(17-18)27-4-2-3-13-39-27/h9-12,16-17,19-22,27H,2-8,13-15H2,1H3,(H,37,38)/t19-,20+,21?,27?. The zero-order valence-corrected chi connectivity index (χ0v) is 22.7. The van der Waals surface area contributed by atoms with Crippen molar-refractivity contribution in [1.82, 2.24) is 29.9 Å². The number of hydrogen-bond donors (Lipinski definition) is 1. The molecule has 1 N–H and O–H groups in total. The number of piperidine rings is 1. The van der Waals surface area contributed by atoms with Gasteiger partial charge in [0.2, 0.25) is 5.88 Å². The van der Waals surface area contributed by atoms with Crippen molar-refractivity contribution < 1.29 is 19.4 Å². The smallest absolute Gasteiger partial charge is 0.407 e. The zero-order chi connectivity index (χ0) is 27.2. The van der Waals surface area contributed by atoms with Gasteiger partial charge in [-0.3, -0.25) is 0 Å². The van der Waals surface area contributed by atoms with Gasteiger partial charge in [0, 0.05) is 49.1 Å². The molecular formula is C29H35N7O4. The summed E-state index contributed by atoms with van der Waals surface area (Å²) < 4.78 is 14.0. The number of anilines is 1. The maximum absolute atomic E-state index is 11.7. The van der Waals surface area contributed by atoms with E-state index in [0.717, 1.165) is 81.3 Å². The first-order valence-corrected chi connectivity index (χ1v) is 14.5. The molecule has 3 saturated heterocycles. The predicted octanol–water partition coefficient (Wildman–Crippen LogP) is 4.75. The minimum Gasteiger partial charge on any atom is -0.474 e. The van der Waals surface area contributed by atoms with Crippen molar-refractivity contribution in [2.45, 2.75) is 88.2 Å². The molecule has 3 aromatic heterocycles. The van der Waals surface area contributed by atoms with Gasteiger partial charge < -0.3 is 24.4 Å². The average Bonchev–Trinajstić information content (AvgIpc) is 3.58. The van der Waals surface area contributed by atoms with Crippen LogP contribution in [0.1, 0.15) is 64.0 Å². The highest BCUT2D eigenvalue weighted by atomic mass is 16.5. The topological polar surface area (TPSA) is 119 Å². The summed E-state index contributed by atoms with van der Waals surface area (Å²) in [7, 11) is 2.03. The number of carbonyl (C=O) groups is 1. The van der Waals surface area contributed by atoms with E-state index in [4.69, 9.17) is 14.5 Å². The molecule has 0 aromatic carbocycles. The average molecular weight is 546 g/mol. The SMILES string of the molecule is CN(c1ccc(-c2ccc(-c3cnn(C4CCCCO4)c3)c(OC3CC3)n2)nn1)C1C[C@H]2CC[C@@H](C1)N2C(=O)O. The van der Waals surface area contributed by atoms with E-state index in [9.17, 15) is 9.90 Å². The van der Waals surface area contributed by atoms with E-state index < -0.39 is 6.09 Å². The summed E-state index contributed by atoms with van der Waals surface area (Å²) in [5.74, 6) is 1.37. The quantitative estimate of drug-likeness (QED) is 0.448. The summed E-state index contributed by atoms with van der Waals surface area (Å²) in [5.41, 5.74) is 3.24. The van der Waals surface area contributed by atoms with Crippen LogP contribution in [-0.2, 0) is 4.74 Å². The Kier molecular flexibility index (Phi) is 6.53. The molecule has 11 nitrogen and oxygen atoms in total. The summed E-state index contributed by atoms with van der Waals surface area (Å²) in [6.45, 7) is 0.771. The van der Waals surface area contributed by atoms with E-state index in [2.05, 4.69) is 20.2 Å². The molecular weight excluding hydrogens is 510 g/mol. The molecule has 40 heavy (non-hydrogen) atoms. The van der Waals surface area contributed by atoms with Crippen LogP contribution >= 0.6 is 0 Å². The van der Waals surface area contributed by atoms with E-state index in [0.29, 0.717) is 17.3 Å². The fraction of sp³-hybridized carbons (Fsp3) is 0.552. The van der Waals surface area contributed by atoms with Gasteiger partial charge >= 0.3 is 6.09 Å². The van der Waals surface area contributed by atoms with Crippen molar-refractivity contribution in [3.63, 3.8) is 0 Å². The maximum atomic E-state index is 11.7. The van der Waals surface area contributed by atoms with Crippen LogP contribution in [0.2, 0.25) is 0 Å². The number of ether oxygens (including phenoxy) is 2. The van der Waals surface area contributed by atoms with Crippen LogP contribution in [0.4, 0.5) is 10.6 Å². The number of aromatic nitrogens is 5. The number of hydrogen-bond acceptors (Lipinski definition) is 8. The second kappa shape index (κ2) is 10.3. The summed E-state index contributed by atoms with van der Waals surface area (Å²) >= 11 is 0. The molecule has 0 radical (unpaired) electrons. The Bertz CT molecular complexity index is 1350. The fourth-order valence-electron chi connectivity index (χ4n) is 6.42. The van der Waals surface area contributed by atoms with Crippen molar-refractivity contribution in [3.8, 4) is 28.4 Å². The normalized spacial score (nSPS) is 26.1. The van der Waals surface area contributed by atoms with Crippen molar-refractivity contribution in [2.24, 2.45) is 0 Å². The summed E-state index contributed by atoms with van der Waals surface area (Å²) in [5, 5.41) is 23.2. The first-order chi connectivity index (χ1) is 19.5. The maximum Gasteiger partial charge on any atom is 0.407 e. The predicted molar refractivity (Wildman–Crippen MR) is 147 cm³/mol. The van der Waals surface area contributed by atoms with Gasteiger partial charge in [-0.05, 0) is 82.1 Å². The Morgan fingerprint density at radius 3 is 2.50 bits per heavy atom. The Labute approximate surface area is 233 Å². The highest BCUT2D eigenvalue weighted by Gasteiger charge is 2.44. The highest BCUT2D eigenvalue weighted by molar-refractivity contribution is 5.71. The molecule has 4 aliphatic rings. The molecule has 3 aromatic rings. The van der Waals surface area contributed by atoms with Crippen LogP contribution < -0.4 is 9.64 Å². The molecule has 0 spiro atoms. The Hall–Kier alpha value is -3.73. The summed E-state index contributed by atoms with van der Waals surface area (Å²) in [6.07, 6.45) is 12.0. The van der Waals surface area contributed by atoms with Crippen LogP contribution in [0.5, 0.6) is 5.88 Å². The summed E-state index contributed by atoms with van der Waals surface area (Å²) in [4.78, 5) is 20.3. The van der Waals surface area contributed by atoms with Gasteiger partial charge in [0.15, 0.2) is 5.82 Å². The van der Waals surface area contributed by atoms with Gasteiger partial charge in [-0.1, -0.05) is 0 Å². The molecule has 7 rings (SSSR count). The Balaban J connectivity index is 1.09. The van der Waals surface area contributed by atoms with Crippen LogP contribution in [-0.4, -0.2) is 78.9 Å². The molecule has 1 saturated carbocycles. The molecule has 4 atom stereocenters. The minimum atomic E-state index is -0.798. The minimum absolute atomic E-state index is 0.0191. The lowest BCUT2D eigenvalue weighted by Gasteiger charge is -2.41. The number of amides is 1. The van der Waals surface area contributed by atoms with Crippen molar-refractivity contribution in [2.75, 3.05) is 18.6 Å². The molecule has 2 bridgehead atoms. The first-order valence-electron chi connectivity index (χ1n) is 14.5. The van der Waals surface area contributed by atoms with Crippen molar-refractivity contribution in [1.29, 1.82) is 0 Å². The fourth-order valence-corrected chi connectivity index (χ4v) is 6.42. The monoisotopic (exact) mass is 545 g/mol. The van der Waals surface area contributed by atoms with Crippen LogP contribution in [0.15, 0.2) is 36.7 Å². The third kappa shape index (κ3) is 4.87. The lowest BCUT2D eigenvalue weighted by Crippen LogP contribution is -2.51. The van der Waals surface area contributed by atoms with Gasteiger partial charge in [0.1, 0.15) is 18.0 Å². The van der Waals surface area contributed by atoms with Gasteiger partial charge in [-0.25, -0.2) is 14.5 Å². The zero-order valence-electron chi connectivity index (χ0n) is 22.7. The molecule has 3 aliphatic heterocycles. The second-order valence-corrected chi connectivity index (χ2v) is 11.5. The Morgan fingerprint density at radius 1 is 1.02 bits per heavy atom. The lowest BCUT2D eigenvalue weighted by molar-refractivity contribution is -0.0394. The second-order valence-electron chi connectivity index (χ2n) is 11.5. The lowest BCUT2D eigenvalue weighted by atomic mass is 9.96. The molecule has 1 aliphatic carbocycles. The molecule has 4 fully saturated rings. The third-order valence-electron chi connectivity index (χ3n) is 8.78. The number of carboxylic acid groups (broad SMARTS) is 1. The van der Waals surface area contributed by atoms with E-state index in [1.807, 2.05) is 48.4 Å². The van der Waals surface area contributed by atoms with Gasteiger partial charge in [0.25, 0.3) is 0 Å². The van der Waals surface area contributed by atoms with Gasteiger partial charge in [-0.15, -0.1) is 10.2 Å². The van der Waals surface area contributed by atoms with E-state index in [-0.39, 0.29) is 30.5 Å². The van der Waals surface area contributed by atoms with E-state index in [1.54, 1.807) is 4.90 Å². The van der Waals surface area contributed by atoms with Crippen molar-refractivity contribution >= 4 is 11.9 Å². The van der Waals surface area contributed by atoms with Crippen LogP contribution in [0.25, 0.3) is 22.5 Å². The number of rotatable bonds is 7. The largest absolute Gasteiger partial charge is 0.474 e. The highest BCUT2D eigenvalue weighted by Crippen LogP contribution is 2.39. The Morgan fingerprint density at radius 2 is 1.82 bits per heavy atom. The number of fused-ring (bicyclic) bond motifs is 2. The first kappa shape index (κ1) is 25.3. The van der Waals surface area contributed by atoms with Crippen LogP contribution in [0.3, 0.4) is 0 Å². The molecule has 11 heteroatoms. The van der Waals surface area contributed by atoms with Crippen molar-refractivity contribution in [3.05, 3.63) is 36.7 Å². The van der Waals surface area contributed by atoms with E-state index >= 15 is 0 Å². The summed E-state index contributed by atoms with van der Waals surface area (Å²) in [6, 6.07) is 8.31. The van der Waals surface area contributed by atoms with Gasteiger partial charge in [-0.2, -0.15) is 5.10 Å². The van der Waals surface area contributed by atoms with E-state index in [1.165, 1.54) is 0 Å². The number of pyridine rings is 1. The molecule has 1 amide bonds. The number of nitrogens with zero attached hydrogens (tertiary/aromatic N) is 7. The van der Waals surface area contributed by atoms with Gasteiger partial charge in [0.05, 0.1) is 11.9 Å². The van der Waals surface area contributed by atoms with Crippen LogP contribution in [0, 0.1) is 0 Å².